The van der Waals surface area contributed by atoms with E-state index in [0.717, 1.165) is 29.0 Å². The van der Waals surface area contributed by atoms with Crippen molar-refractivity contribution in [1.29, 1.82) is 0 Å². The first kappa shape index (κ1) is 12.7. The topological polar surface area (TPSA) is 47.3 Å². The van der Waals surface area contributed by atoms with Crippen LogP contribution in [0.2, 0.25) is 0 Å². The summed E-state index contributed by atoms with van der Waals surface area (Å²) in [4.78, 5) is 4.36. The molecule has 0 unspecified atom stereocenters. The molecule has 0 bridgehead atoms. The highest BCUT2D eigenvalue weighted by Gasteiger charge is 1.98. The van der Waals surface area contributed by atoms with E-state index in [1.807, 2.05) is 42.5 Å². The van der Waals surface area contributed by atoms with E-state index in [0.29, 0.717) is 13.2 Å². The second-order valence-electron chi connectivity index (χ2n) is 4.47. The summed E-state index contributed by atoms with van der Waals surface area (Å²) >= 11 is 0. The average Bonchev–Trinajstić information content (AvgIpc) is 3.00. The number of hydrogen-bond donors (Lipinski definition) is 1. The molecule has 1 N–H and O–H groups in total. The number of rotatable bonds is 6. The van der Waals surface area contributed by atoms with Crippen molar-refractivity contribution in [2.45, 2.75) is 6.54 Å². The van der Waals surface area contributed by atoms with Crippen LogP contribution in [-0.2, 0) is 6.54 Å². The molecule has 0 radical (unpaired) electrons. The summed E-state index contributed by atoms with van der Waals surface area (Å²) in [6, 6.07) is 13.8. The number of ether oxygens (including phenoxy) is 1. The fourth-order valence-electron chi connectivity index (χ4n) is 2.00. The molecule has 4 nitrogen and oxygen atoms in total. The molecule has 2 heterocycles. The lowest BCUT2D eigenvalue weighted by molar-refractivity contribution is 0.310. The van der Waals surface area contributed by atoms with Crippen molar-refractivity contribution in [3.05, 3.63) is 60.7 Å². The first-order valence-electron chi connectivity index (χ1n) is 6.62. The Morgan fingerprint density at radius 2 is 2.10 bits per heavy atom. The van der Waals surface area contributed by atoms with Crippen molar-refractivity contribution < 1.29 is 9.15 Å². The molecule has 20 heavy (non-hydrogen) atoms. The van der Waals surface area contributed by atoms with Gasteiger partial charge in [-0.05, 0) is 24.3 Å². The number of pyridine rings is 1. The quantitative estimate of drug-likeness (QED) is 0.698. The predicted molar refractivity (Wildman–Crippen MR) is 77.7 cm³/mol. The van der Waals surface area contributed by atoms with E-state index in [4.69, 9.17) is 9.15 Å². The number of nitrogens with one attached hydrogen (secondary N) is 1. The highest BCUT2D eigenvalue weighted by Crippen LogP contribution is 2.17. The number of furan rings is 1. The largest absolute Gasteiger partial charge is 0.491 e. The third-order valence-corrected chi connectivity index (χ3v) is 2.99. The fourth-order valence-corrected chi connectivity index (χ4v) is 2.00. The summed E-state index contributed by atoms with van der Waals surface area (Å²) in [6.45, 7) is 2.07. The van der Waals surface area contributed by atoms with Gasteiger partial charge in [0, 0.05) is 11.9 Å². The van der Waals surface area contributed by atoms with Gasteiger partial charge >= 0.3 is 0 Å². The molecule has 3 aromatic rings. The summed E-state index contributed by atoms with van der Waals surface area (Å²) < 4.78 is 10.9. The minimum Gasteiger partial charge on any atom is -0.491 e. The molecule has 0 amide bonds. The van der Waals surface area contributed by atoms with Gasteiger partial charge in [-0.1, -0.05) is 18.2 Å². The van der Waals surface area contributed by atoms with Crippen molar-refractivity contribution >= 4 is 10.9 Å². The second-order valence-corrected chi connectivity index (χ2v) is 4.47. The molecule has 0 aliphatic heterocycles. The van der Waals surface area contributed by atoms with Crippen LogP contribution in [0.4, 0.5) is 0 Å². The van der Waals surface area contributed by atoms with Crippen LogP contribution in [0.1, 0.15) is 5.76 Å². The van der Waals surface area contributed by atoms with Gasteiger partial charge in [0.25, 0.3) is 0 Å². The Balaban J connectivity index is 1.47. The van der Waals surface area contributed by atoms with Gasteiger partial charge in [-0.25, -0.2) is 0 Å². The van der Waals surface area contributed by atoms with Gasteiger partial charge in [0.15, 0.2) is 0 Å². The van der Waals surface area contributed by atoms with E-state index in [2.05, 4.69) is 10.3 Å². The molecule has 3 rings (SSSR count). The summed E-state index contributed by atoms with van der Waals surface area (Å²) in [5.74, 6) is 1.72. The third-order valence-electron chi connectivity index (χ3n) is 2.99. The number of nitrogens with zero attached hydrogens (tertiary/aromatic N) is 1. The Hall–Kier alpha value is -2.33. The van der Waals surface area contributed by atoms with Crippen LogP contribution in [0.3, 0.4) is 0 Å². The van der Waals surface area contributed by atoms with Crippen molar-refractivity contribution in [3.63, 3.8) is 0 Å². The molecule has 102 valence electrons. The lowest BCUT2D eigenvalue weighted by Gasteiger charge is -2.07. The summed E-state index contributed by atoms with van der Waals surface area (Å²) in [6.07, 6.45) is 3.43. The maximum atomic E-state index is 5.68. The van der Waals surface area contributed by atoms with Gasteiger partial charge in [-0.15, -0.1) is 0 Å². The van der Waals surface area contributed by atoms with Gasteiger partial charge in [-0.2, -0.15) is 0 Å². The van der Waals surface area contributed by atoms with Gasteiger partial charge in [-0.3, -0.25) is 4.98 Å². The normalized spacial score (nSPS) is 10.8. The van der Waals surface area contributed by atoms with Crippen LogP contribution in [0, 0.1) is 0 Å². The Morgan fingerprint density at radius 1 is 1.15 bits per heavy atom. The number of aromatic nitrogens is 1. The summed E-state index contributed by atoms with van der Waals surface area (Å²) in [7, 11) is 0. The molecule has 0 aliphatic rings. The number of para-hydroxylation sites is 1. The maximum Gasteiger partial charge on any atom is 0.138 e. The molecule has 1 aromatic carbocycles. The zero-order valence-electron chi connectivity index (χ0n) is 11.1. The maximum absolute atomic E-state index is 5.68. The molecule has 0 aliphatic carbocycles. The highest BCUT2D eigenvalue weighted by atomic mass is 16.5. The zero-order chi connectivity index (χ0) is 13.6. The Bertz CT molecular complexity index is 665. The Morgan fingerprint density at radius 3 is 3.00 bits per heavy atom. The molecule has 0 fully saturated rings. The summed E-state index contributed by atoms with van der Waals surface area (Å²) in [5, 5.41) is 4.35. The van der Waals surface area contributed by atoms with Gasteiger partial charge in [0.2, 0.25) is 0 Å². The molecule has 4 heteroatoms. The zero-order valence-corrected chi connectivity index (χ0v) is 11.1. The van der Waals surface area contributed by atoms with E-state index in [1.165, 1.54) is 0 Å². The predicted octanol–water partition coefficient (Wildman–Crippen LogP) is 3.00. The van der Waals surface area contributed by atoms with Crippen molar-refractivity contribution in [2.24, 2.45) is 0 Å². The minimum atomic E-state index is 0.598. The minimum absolute atomic E-state index is 0.598. The van der Waals surface area contributed by atoms with Crippen LogP contribution >= 0.6 is 0 Å². The Kier molecular flexibility index (Phi) is 3.94. The Labute approximate surface area is 117 Å². The number of hydrogen-bond acceptors (Lipinski definition) is 4. The molecular formula is C16H16N2O2. The first-order chi connectivity index (χ1) is 9.92. The molecule has 0 spiro atoms. The fraction of sp³-hybridized carbons (Fsp3) is 0.188. The SMILES string of the molecule is c1coc(CNCCOc2cnc3ccccc3c2)c1. The molecule has 0 atom stereocenters. The van der Waals surface area contributed by atoms with E-state index in [-0.39, 0.29) is 0 Å². The van der Waals surface area contributed by atoms with Crippen molar-refractivity contribution in [3.8, 4) is 5.75 Å². The van der Waals surface area contributed by atoms with E-state index >= 15 is 0 Å². The third kappa shape index (κ3) is 3.16. The second kappa shape index (κ2) is 6.21. The van der Waals surface area contributed by atoms with E-state index in [1.54, 1.807) is 12.5 Å². The van der Waals surface area contributed by atoms with E-state index < -0.39 is 0 Å². The average molecular weight is 268 g/mol. The molecule has 0 saturated carbocycles. The standard InChI is InChI=1S/C16H16N2O2/c1-2-6-16-13(4-1)10-15(12-18-16)20-9-7-17-11-14-5-3-8-19-14/h1-6,8,10,12,17H,7,9,11H2. The smallest absolute Gasteiger partial charge is 0.138 e. The van der Waals surface area contributed by atoms with Crippen molar-refractivity contribution in [2.75, 3.05) is 13.2 Å². The van der Waals surface area contributed by atoms with Crippen LogP contribution in [0.5, 0.6) is 5.75 Å². The lowest BCUT2D eigenvalue weighted by atomic mass is 10.2. The van der Waals surface area contributed by atoms with Gasteiger partial charge < -0.3 is 14.5 Å². The van der Waals surface area contributed by atoms with Crippen molar-refractivity contribution in [1.82, 2.24) is 10.3 Å². The van der Waals surface area contributed by atoms with E-state index in [9.17, 15) is 0 Å². The molecular weight excluding hydrogens is 252 g/mol. The molecule has 2 aromatic heterocycles. The van der Waals surface area contributed by atoms with Gasteiger partial charge in [0.1, 0.15) is 18.1 Å². The van der Waals surface area contributed by atoms with Crippen LogP contribution in [0.15, 0.2) is 59.3 Å². The monoisotopic (exact) mass is 268 g/mol. The number of benzene rings is 1. The highest BCUT2D eigenvalue weighted by molar-refractivity contribution is 5.79. The van der Waals surface area contributed by atoms with Gasteiger partial charge in [0.05, 0.1) is 24.5 Å². The van der Waals surface area contributed by atoms with Crippen LogP contribution in [-0.4, -0.2) is 18.1 Å². The van der Waals surface area contributed by atoms with Crippen LogP contribution < -0.4 is 10.1 Å². The lowest BCUT2D eigenvalue weighted by Crippen LogP contribution is -2.20. The number of fused-ring (bicyclic) bond motifs is 1. The van der Waals surface area contributed by atoms with Crippen LogP contribution in [0.25, 0.3) is 10.9 Å². The summed E-state index contributed by atoms with van der Waals surface area (Å²) in [5.41, 5.74) is 0.982. The first-order valence-corrected chi connectivity index (χ1v) is 6.62. The molecule has 0 saturated heterocycles.